The highest BCUT2D eigenvalue weighted by molar-refractivity contribution is 5.92. The van der Waals surface area contributed by atoms with E-state index < -0.39 is 17.4 Å². The maximum Gasteiger partial charge on any atom is 0.417 e. The number of hydrogen-bond donors (Lipinski definition) is 0. The van der Waals surface area contributed by atoms with Crippen LogP contribution in [-0.4, -0.2) is 13.1 Å². The van der Waals surface area contributed by atoms with Crippen molar-refractivity contribution in [3.8, 4) is 0 Å². The minimum atomic E-state index is -4.46. The van der Waals surface area contributed by atoms with E-state index in [1.165, 1.54) is 6.07 Å². The normalized spacial score (nSPS) is 17.7. The zero-order chi connectivity index (χ0) is 15.5. The van der Waals surface area contributed by atoms with Crippen molar-refractivity contribution in [2.75, 3.05) is 18.0 Å². The molecule has 4 rings (SSSR count). The molecule has 0 bridgehead atoms. The van der Waals surface area contributed by atoms with Crippen LogP contribution in [-0.2, 0) is 19.0 Å². The number of anilines is 1. The summed E-state index contributed by atoms with van der Waals surface area (Å²) >= 11 is 0. The highest BCUT2D eigenvalue weighted by Gasteiger charge is 2.40. The van der Waals surface area contributed by atoms with Crippen LogP contribution in [0.25, 0.3) is 11.0 Å². The van der Waals surface area contributed by atoms with Crippen molar-refractivity contribution in [3.05, 3.63) is 39.2 Å². The fourth-order valence-corrected chi connectivity index (χ4v) is 3.82. The van der Waals surface area contributed by atoms with Crippen LogP contribution in [0.4, 0.5) is 18.9 Å². The molecule has 6 heteroatoms. The molecule has 0 spiro atoms. The van der Waals surface area contributed by atoms with E-state index in [1.54, 1.807) is 0 Å². The monoisotopic (exact) mass is 309 g/mol. The lowest BCUT2D eigenvalue weighted by molar-refractivity contribution is -0.136. The van der Waals surface area contributed by atoms with Crippen molar-refractivity contribution in [3.63, 3.8) is 0 Å². The summed E-state index contributed by atoms with van der Waals surface area (Å²) in [6.07, 6.45) is -1.80. The van der Waals surface area contributed by atoms with Gasteiger partial charge in [0.05, 0.1) is 5.56 Å². The van der Waals surface area contributed by atoms with E-state index in [1.807, 2.05) is 4.90 Å². The van der Waals surface area contributed by atoms with Gasteiger partial charge >= 0.3 is 11.8 Å². The van der Waals surface area contributed by atoms with Crippen molar-refractivity contribution >= 4 is 16.7 Å². The lowest BCUT2D eigenvalue weighted by Gasteiger charge is -2.38. The molecule has 0 radical (unpaired) electrons. The fraction of sp³-hybridized carbons (Fsp3) is 0.438. The minimum absolute atomic E-state index is 0.0181. The zero-order valence-electron chi connectivity index (χ0n) is 11.8. The molecule has 0 aliphatic carbocycles. The number of hydrogen-bond acceptors (Lipinski definition) is 3. The smallest absolute Gasteiger partial charge is 0.417 e. The Morgan fingerprint density at radius 1 is 1.05 bits per heavy atom. The number of aryl methyl sites for hydroxylation is 1. The van der Waals surface area contributed by atoms with Crippen LogP contribution in [0.1, 0.15) is 29.5 Å². The van der Waals surface area contributed by atoms with Gasteiger partial charge in [-0.25, -0.2) is 4.79 Å². The Labute approximate surface area is 124 Å². The van der Waals surface area contributed by atoms with E-state index in [-0.39, 0.29) is 11.0 Å². The average Bonchev–Trinajstić information content (AvgIpc) is 2.47. The van der Waals surface area contributed by atoms with Crippen molar-refractivity contribution in [2.45, 2.75) is 31.9 Å². The van der Waals surface area contributed by atoms with E-state index in [0.29, 0.717) is 24.1 Å². The number of alkyl halides is 3. The van der Waals surface area contributed by atoms with Gasteiger partial charge in [0.1, 0.15) is 5.58 Å². The predicted octanol–water partition coefficient (Wildman–Crippen LogP) is 3.51. The Morgan fingerprint density at radius 3 is 2.41 bits per heavy atom. The first-order chi connectivity index (χ1) is 10.5. The molecule has 0 amide bonds. The molecule has 3 heterocycles. The molecule has 2 aliphatic heterocycles. The highest BCUT2D eigenvalue weighted by Crippen LogP contribution is 2.47. The van der Waals surface area contributed by atoms with Crippen LogP contribution in [0, 0.1) is 0 Å². The lowest BCUT2D eigenvalue weighted by Crippen LogP contribution is -2.36. The molecule has 1 aromatic carbocycles. The average molecular weight is 309 g/mol. The van der Waals surface area contributed by atoms with Crippen LogP contribution in [0.5, 0.6) is 0 Å². The molecular formula is C16H14F3NO2. The van der Waals surface area contributed by atoms with E-state index >= 15 is 0 Å². The Morgan fingerprint density at radius 2 is 1.73 bits per heavy atom. The third-order valence-electron chi connectivity index (χ3n) is 4.56. The number of rotatable bonds is 0. The van der Waals surface area contributed by atoms with Gasteiger partial charge in [-0.2, -0.15) is 13.2 Å². The Hall–Kier alpha value is -1.98. The maximum atomic E-state index is 13.6. The molecule has 0 fully saturated rings. The molecule has 2 aromatic rings. The summed E-state index contributed by atoms with van der Waals surface area (Å²) in [5, 5.41) is 0.0181. The molecule has 2 aliphatic rings. The summed E-state index contributed by atoms with van der Waals surface area (Å²) in [7, 11) is 0. The lowest BCUT2D eigenvalue weighted by atomic mass is 9.86. The summed E-state index contributed by atoms with van der Waals surface area (Å²) < 4.78 is 46.1. The molecule has 0 saturated carbocycles. The van der Waals surface area contributed by atoms with Gasteiger partial charge in [-0.15, -0.1) is 0 Å². The zero-order valence-corrected chi connectivity index (χ0v) is 11.8. The molecule has 116 valence electrons. The van der Waals surface area contributed by atoms with E-state index in [4.69, 9.17) is 4.42 Å². The summed E-state index contributed by atoms with van der Waals surface area (Å²) in [4.78, 5) is 13.5. The molecule has 0 unspecified atom stereocenters. The Balaban J connectivity index is 2.20. The third-order valence-corrected chi connectivity index (χ3v) is 4.56. The number of nitrogens with zero attached hydrogens (tertiary/aromatic N) is 1. The molecule has 0 atom stereocenters. The van der Waals surface area contributed by atoms with Crippen molar-refractivity contribution in [1.82, 2.24) is 0 Å². The van der Waals surface area contributed by atoms with Gasteiger partial charge in [0, 0.05) is 35.8 Å². The predicted molar refractivity (Wildman–Crippen MR) is 76.3 cm³/mol. The van der Waals surface area contributed by atoms with Crippen LogP contribution in [0.15, 0.2) is 21.3 Å². The van der Waals surface area contributed by atoms with Gasteiger partial charge in [0.2, 0.25) is 0 Å². The van der Waals surface area contributed by atoms with E-state index in [2.05, 4.69) is 0 Å². The maximum absolute atomic E-state index is 13.6. The SMILES string of the molecule is O=c1ccc2c(C(F)(F)F)c3c4c(c2o1)CCCN4CCC3. The quantitative estimate of drug-likeness (QED) is 0.698. The standard InChI is InChI=1S/C16H14F3NO2/c17-16(18,19)13-9-3-1-7-20-8-2-4-11(14(9)20)15-10(13)5-6-12(21)22-15/h5-6H,1-4,7-8H2. The van der Waals surface area contributed by atoms with Gasteiger partial charge in [-0.3, -0.25) is 0 Å². The Kier molecular flexibility index (Phi) is 2.80. The Bertz CT molecular complexity index is 821. The molecule has 1 aromatic heterocycles. The summed E-state index contributed by atoms with van der Waals surface area (Å²) in [5.74, 6) is 0. The van der Waals surface area contributed by atoms with Gasteiger partial charge in [-0.05, 0) is 37.3 Å². The van der Waals surface area contributed by atoms with Gasteiger partial charge < -0.3 is 9.32 Å². The summed E-state index contributed by atoms with van der Waals surface area (Å²) in [5.41, 5.74) is 0.676. The first-order valence-corrected chi connectivity index (χ1v) is 7.40. The van der Waals surface area contributed by atoms with E-state index in [9.17, 15) is 18.0 Å². The van der Waals surface area contributed by atoms with Gasteiger partial charge in [-0.1, -0.05) is 0 Å². The van der Waals surface area contributed by atoms with Crippen LogP contribution in [0.2, 0.25) is 0 Å². The van der Waals surface area contributed by atoms with Crippen molar-refractivity contribution in [2.24, 2.45) is 0 Å². The van der Waals surface area contributed by atoms with Crippen LogP contribution >= 0.6 is 0 Å². The van der Waals surface area contributed by atoms with Crippen molar-refractivity contribution in [1.29, 1.82) is 0 Å². The number of halogens is 3. The summed E-state index contributed by atoms with van der Waals surface area (Å²) in [6, 6.07) is 2.33. The molecular weight excluding hydrogens is 295 g/mol. The number of benzene rings is 1. The molecule has 3 nitrogen and oxygen atoms in total. The first-order valence-electron chi connectivity index (χ1n) is 7.40. The van der Waals surface area contributed by atoms with Gasteiger partial charge in [0.15, 0.2) is 0 Å². The van der Waals surface area contributed by atoms with Crippen molar-refractivity contribution < 1.29 is 17.6 Å². The second kappa shape index (κ2) is 4.51. The second-order valence-corrected chi connectivity index (χ2v) is 5.87. The molecule has 0 N–H and O–H groups in total. The van der Waals surface area contributed by atoms with Gasteiger partial charge in [0.25, 0.3) is 0 Å². The largest absolute Gasteiger partial charge is 0.422 e. The third kappa shape index (κ3) is 1.86. The van der Waals surface area contributed by atoms with Crippen LogP contribution < -0.4 is 10.5 Å². The first kappa shape index (κ1) is 13.7. The second-order valence-electron chi connectivity index (χ2n) is 5.87. The molecule has 0 saturated heterocycles. The molecule has 22 heavy (non-hydrogen) atoms. The highest BCUT2D eigenvalue weighted by atomic mass is 19.4. The van der Waals surface area contributed by atoms with E-state index in [0.717, 1.165) is 37.6 Å². The minimum Gasteiger partial charge on any atom is -0.422 e. The fourth-order valence-electron chi connectivity index (χ4n) is 3.82. The van der Waals surface area contributed by atoms with Crippen LogP contribution in [0.3, 0.4) is 0 Å². The number of fused-ring (bicyclic) bond motifs is 2. The summed E-state index contributed by atoms with van der Waals surface area (Å²) in [6.45, 7) is 1.53. The topological polar surface area (TPSA) is 33.5 Å².